The van der Waals surface area contributed by atoms with Crippen molar-refractivity contribution < 1.29 is 51.8 Å². The second-order valence-corrected chi connectivity index (χ2v) is 17.3. The van der Waals surface area contributed by atoms with Gasteiger partial charge in [0.2, 0.25) is 0 Å². The lowest BCUT2D eigenvalue weighted by Crippen LogP contribution is -2.30. The maximum absolute atomic E-state index is 12.7. The van der Waals surface area contributed by atoms with E-state index in [-0.39, 0.29) is 45.8 Å². The zero-order valence-corrected chi connectivity index (χ0v) is 38.3. The van der Waals surface area contributed by atoms with Crippen molar-refractivity contribution in [3.05, 3.63) is 0 Å². The number of phosphoric ester groups is 1. The van der Waals surface area contributed by atoms with Gasteiger partial charge in [0.15, 0.2) is 6.10 Å². The molecule has 13 heteroatoms. The van der Waals surface area contributed by atoms with Gasteiger partial charge in [0.05, 0.1) is 19.8 Å². The Balaban J connectivity index is 4.42. The molecule has 0 aromatic rings. The molecule has 0 aliphatic carbocycles. The Labute approximate surface area is 354 Å². The van der Waals surface area contributed by atoms with Crippen LogP contribution < -0.4 is 5.32 Å². The Morgan fingerprint density at radius 1 is 0.500 bits per heavy atom. The quantitative estimate of drug-likeness (QED) is 0.0260. The molecule has 0 heterocycles. The fraction of sp³-hybridized carbons (Fsp3) is 0.933. The largest absolute Gasteiger partial charge is 0.472 e. The molecule has 0 bridgehead atoms. The molecular weight excluding hydrogens is 761 g/mol. The highest BCUT2D eigenvalue weighted by atomic mass is 31.2. The van der Waals surface area contributed by atoms with E-state index >= 15 is 0 Å². The molecule has 0 aliphatic heterocycles. The molecule has 0 rings (SSSR count). The van der Waals surface area contributed by atoms with Crippen LogP contribution in [-0.4, -0.2) is 75.7 Å². The van der Waals surface area contributed by atoms with Gasteiger partial charge in [-0.05, 0) is 12.8 Å². The van der Waals surface area contributed by atoms with E-state index in [1.807, 2.05) is 0 Å². The Bertz CT molecular complexity index is 986. The predicted octanol–water partition coefficient (Wildman–Crippen LogP) is 12.5. The van der Waals surface area contributed by atoms with Crippen molar-refractivity contribution >= 4 is 25.9 Å². The van der Waals surface area contributed by atoms with Crippen LogP contribution in [0, 0.1) is 0 Å². The second-order valence-electron chi connectivity index (χ2n) is 15.8. The molecule has 0 radical (unpaired) electrons. The van der Waals surface area contributed by atoms with Gasteiger partial charge in [0.1, 0.15) is 13.2 Å². The fourth-order valence-corrected chi connectivity index (χ4v) is 7.45. The summed E-state index contributed by atoms with van der Waals surface area (Å²) >= 11 is 0. The molecule has 0 spiro atoms. The van der Waals surface area contributed by atoms with Gasteiger partial charge in [-0.1, -0.05) is 194 Å². The average molecular weight is 850 g/mol. The molecule has 1 amide bonds. The summed E-state index contributed by atoms with van der Waals surface area (Å²) < 4.78 is 43.1. The van der Waals surface area contributed by atoms with Crippen molar-refractivity contribution in [1.29, 1.82) is 0 Å². The molecule has 0 saturated carbocycles. The topological polar surface area (TPSA) is 156 Å². The summed E-state index contributed by atoms with van der Waals surface area (Å²) in [6, 6.07) is 0. The molecule has 2 N–H and O–H groups in total. The van der Waals surface area contributed by atoms with Crippen LogP contribution in [0.25, 0.3) is 0 Å². The van der Waals surface area contributed by atoms with Gasteiger partial charge in [-0.25, -0.2) is 9.36 Å². The maximum atomic E-state index is 12.7. The van der Waals surface area contributed by atoms with E-state index in [0.29, 0.717) is 12.8 Å². The van der Waals surface area contributed by atoms with E-state index in [1.165, 1.54) is 155 Å². The summed E-state index contributed by atoms with van der Waals surface area (Å²) in [5, 5.41) is 2.38. The first-order valence-electron chi connectivity index (χ1n) is 23.6. The predicted molar refractivity (Wildman–Crippen MR) is 233 cm³/mol. The molecule has 2 unspecified atom stereocenters. The number of carbonyl (C=O) groups excluding carboxylic acids is 3. The van der Waals surface area contributed by atoms with Crippen molar-refractivity contribution in [2.24, 2.45) is 0 Å². The van der Waals surface area contributed by atoms with Gasteiger partial charge in [-0.15, -0.1) is 0 Å². The molecule has 0 aliphatic rings. The van der Waals surface area contributed by atoms with Crippen molar-refractivity contribution in [3.63, 3.8) is 0 Å². The zero-order valence-electron chi connectivity index (χ0n) is 37.4. The first-order chi connectivity index (χ1) is 28.2. The number of alkyl carbamates (subject to hydrolysis) is 1. The molecule has 0 saturated heterocycles. The number of nitrogens with one attached hydrogen (secondary N) is 1. The number of hydrogen-bond acceptors (Lipinski definition) is 10. The highest BCUT2D eigenvalue weighted by molar-refractivity contribution is 7.47. The minimum Gasteiger partial charge on any atom is -0.462 e. The van der Waals surface area contributed by atoms with E-state index < -0.39 is 38.6 Å². The molecule has 2 atom stereocenters. The summed E-state index contributed by atoms with van der Waals surface area (Å²) in [7, 11) is -3.09. The molecule has 0 aromatic carbocycles. The lowest BCUT2D eigenvalue weighted by molar-refractivity contribution is -0.161. The molecule has 0 aromatic heterocycles. The minimum atomic E-state index is -4.57. The Hall–Kier alpha value is -1.72. The lowest BCUT2D eigenvalue weighted by Gasteiger charge is -2.20. The van der Waals surface area contributed by atoms with Gasteiger partial charge >= 0.3 is 25.9 Å². The third kappa shape index (κ3) is 42.4. The van der Waals surface area contributed by atoms with Crippen LogP contribution in [0.4, 0.5) is 4.79 Å². The van der Waals surface area contributed by atoms with E-state index in [0.717, 1.165) is 32.1 Å². The molecule has 58 heavy (non-hydrogen) atoms. The molecule has 0 fully saturated rings. The lowest BCUT2D eigenvalue weighted by atomic mass is 10.0. The van der Waals surface area contributed by atoms with Crippen molar-refractivity contribution in [2.45, 2.75) is 225 Å². The van der Waals surface area contributed by atoms with E-state index in [4.69, 9.17) is 28.0 Å². The number of phosphoric acid groups is 1. The number of hydrogen-bond donors (Lipinski definition) is 2. The van der Waals surface area contributed by atoms with E-state index in [2.05, 4.69) is 19.2 Å². The highest BCUT2D eigenvalue weighted by Gasteiger charge is 2.26. The SMILES string of the molecule is CCCCCCCCCCCCCCCCCC(=O)OCC(COP(=O)(O)OCCNC(=O)OCCOC)OC(=O)CCCCCCCCCCCCCCCCC. The van der Waals surface area contributed by atoms with Crippen LogP contribution in [0.3, 0.4) is 0 Å². The number of amides is 1. The Morgan fingerprint density at radius 3 is 1.31 bits per heavy atom. The summed E-state index contributed by atoms with van der Waals surface area (Å²) in [6.45, 7) is 3.58. The zero-order chi connectivity index (χ0) is 42.6. The maximum Gasteiger partial charge on any atom is 0.472 e. The highest BCUT2D eigenvalue weighted by Crippen LogP contribution is 2.43. The van der Waals surface area contributed by atoms with Crippen molar-refractivity contribution in [3.8, 4) is 0 Å². The van der Waals surface area contributed by atoms with Gasteiger partial charge in [0, 0.05) is 26.5 Å². The van der Waals surface area contributed by atoms with Crippen LogP contribution in [0.1, 0.15) is 219 Å². The van der Waals surface area contributed by atoms with Crippen LogP contribution in [0.5, 0.6) is 0 Å². The number of esters is 2. The monoisotopic (exact) mass is 850 g/mol. The minimum absolute atomic E-state index is 0.0639. The van der Waals surface area contributed by atoms with Crippen LogP contribution >= 0.6 is 7.82 Å². The van der Waals surface area contributed by atoms with E-state index in [9.17, 15) is 23.8 Å². The smallest absolute Gasteiger partial charge is 0.462 e. The number of methoxy groups -OCH3 is 1. The van der Waals surface area contributed by atoms with Crippen LogP contribution in [-0.2, 0) is 42.1 Å². The van der Waals surface area contributed by atoms with Crippen LogP contribution in [0.2, 0.25) is 0 Å². The number of rotatable bonds is 45. The average Bonchev–Trinajstić information content (AvgIpc) is 3.20. The third-order valence-electron chi connectivity index (χ3n) is 10.3. The molecule has 12 nitrogen and oxygen atoms in total. The first-order valence-corrected chi connectivity index (χ1v) is 25.1. The number of carbonyl (C=O) groups is 3. The van der Waals surface area contributed by atoms with Gasteiger partial charge < -0.3 is 29.2 Å². The normalized spacial score (nSPS) is 12.9. The van der Waals surface area contributed by atoms with Gasteiger partial charge in [-0.2, -0.15) is 0 Å². The van der Waals surface area contributed by atoms with Crippen molar-refractivity contribution in [1.82, 2.24) is 5.32 Å². The molecular formula is C45H88NO11P. The van der Waals surface area contributed by atoms with Crippen LogP contribution in [0.15, 0.2) is 0 Å². The van der Waals surface area contributed by atoms with Crippen molar-refractivity contribution in [2.75, 3.05) is 46.7 Å². The Kier molecular flexibility index (Phi) is 42.1. The van der Waals surface area contributed by atoms with Gasteiger partial charge in [-0.3, -0.25) is 18.6 Å². The summed E-state index contributed by atoms with van der Waals surface area (Å²) in [4.78, 5) is 47.0. The van der Waals surface area contributed by atoms with Gasteiger partial charge in [0.25, 0.3) is 0 Å². The third-order valence-corrected chi connectivity index (χ3v) is 11.3. The summed E-state index contributed by atoms with van der Waals surface area (Å²) in [6.07, 6.45) is 35.5. The number of ether oxygens (including phenoxy) is 4. The number of unbranched alkanes of at least 4 members (excludes halogenated alkanes) is 28. The molecule has 344 valence electrons. The summed E-state index contributed by atoms with van der Waals surface area (Å²) in [5.74, 6) is -0.892. The summed E-state index contributed by atoms with van der Waals surface area (Å²) in [5.41, 5.74) is 0. The second kappa shape index (κ2) is 43.4. The Morgan fingerprint density at radius 2 is 0.897 bits per heavy atom. The first kappa shape index (κ1) is 56.3. The fourth-order valence-electron chi connectivity index (χ4n) is 6.70. The van der Waals surface area contributed by atoms with E-state index in [1.54, 1.807) is 0 Å². The standard InChI is InChI=1S/C45H88NO11P/c1-4-6-8-10-12-14-16-18-20-22-24-26-28-30-32-34-43(47)54-40-42(41-56-58(50,51)55-37-36-46-45(49)53-39-38-52-3)57-44(48)35-33-31-29-27-25-23-21-19-17-15-13-11-9-7-5-2/h42H,4-41H2,1-3H3,(H,46,49)(H,50,51).